The number of carbonyl (C=O) groups excluding carboxylic acids is 2. The molecular weight excluding hydrogens is 223 g/mol. The van der Waals surface area contributed by atoms with E-state index in [4.69, 9.17) is 0 Å². The molecule has 0 unspecified atom stereocenters. The van der Waals surface area contributed by atoms with Crippen LogP contribution in [0.15, 0.2) is 24.5 Å². The second-order valence-electron chi connectivity index (χ2n) is 2.72. The Labute approximate surface area is 127 Å². The molecule has 2 aromatic heterocycles. The fourth-order valence-electron chi connectivity index (χ4n) is 1.25. The van der Waals surface area contributed by atoms with E-state index in [-0.39, 0.29) is 56.9 Å². The zero-order valence-electron chi connectivity index (χ0n) is 7.98. The molecule has 0 bridgehead atoms. The summed E-state index contributed by atoms with van der Waals surface area (Å²) in [5, 5.41) is 10.8. The summed E-state index contributed by atoms with van der Waals surface area (Å²) in [6.45, 7) is 0. The maximum atomic E-state index is 11.1. The molecule has 0 aliphatic heterocycles. The fourth-order valence-corrected chi connectivity index (χ4v) is 1.25. The fraction of sp³-hybridized carbons (Fsp3) is 0. The number of carboxylic acids is 1. The maximum Gasteiger partial charge on any atom is 1.00 e. The molecule has 0 aliphatic rings. The van der Waals surface area contributed by atoms with Crippen molar-refractivity contribution in [2.45, 2.75) is 0 Å². The van der Waals surface area contributed by atoms with Crippen molar-refractivity contribution in [2.75, 3.05) is 0 Å². The van der Waals surface area contributed by atoms with Crippen molar-refractivity contribution in [1.29, 1.82) is 0 Å². The van der Waals surface area contributed by atoms with Crippen LogP contribution in [0.5, 0.6) is 0 Å². The summed E-state index contributed by atoms with van der Waals surface area (Å²) in [7, 11) is 0. The van der Waals surface area contributed by atoms with Crippen LogP contribution in [0.4, 0.5) is 0 Å². The van der Waals surface area contributed by atoms with E-state index in [1.807, 2.05) is 0 Å². The summed E-state index contributed by atoms with van der Waals surface area (Å²) in [6.07, 6.45) is 2.86. The number of aromatic amines is 1. The first-order valence-corrected chi connectivity index (χ1v) is 3.88. The van der Waals surface area contributed by atoms with Gasteiger partial charge in [-0.05, 0) is 12.1 Å². The quantitative estimate of drug-likeness (QED) is 0.328. The number of carbonyl (C=O) groups is 2. The Hall–Kier alpha value is -0.534. The third kappa shape index (κ3) is 2.35. The van der Waals surface area contributed by atoms with Gasteiger partial charge < -0.3 is 14.9 Å². The molecular formula is C9H5KN2O3. The van der Waals surface area contributed by atoms with Crippen molar-refractivity contribution in [3.63, 3.8) is 0 Å². The molecule has 15 heavy (non-hydrogen) atoms. The number of pyridine rings is 1. The van der Waals surface area contributed by atoms with Crippen LogP contribution in [0.25, 0.3) is 11.0 Å². The van der Waals surface area contributed by atoms with Gasteiger partial charge >= 0.3 is 51.4 Å². The van der Waals surface area contributed by atoms with E-state index in [0.29, 0.717) is 11.0 Å². The van der Waals surface area contributed by atoms with Crippen LogP contribution in [-0.4, -0.2) is 21.7 Å². The Kier molecular flexibility index (Phi) is 4.18. The van der Waals surface area contributed by atoms with Crippen LogP contribution in [0.2, 0.25) is 0 Å². The van der Waals surface area contributed by atoms with Gasteiger partial charge in [0.25, 0.3) is 0 Å². The van der Waals surface area contributed by atoms with Crippen LogP contribution in [0.1, 0.15) is 10.4 Å². The average Bonchev–Trinajstić information content (AvgIpc) is 2.60. The molecule has 1 N–H and O–H groups in total. The molecule has 0 atom stereocenters. The van der Waals surface area contributed by atoms with Crippen molar-refractivity contribution in [3.05, 3.63) is 30.1 Å². The molecule has 0 aliphatic carbocycles. The van der Waals surface area contributed by atoms with Gasteiger partial charge in [0.05, 0.1) is 5.56 Å². The van der Waals surface area contributed by atoms with Gasteiger partial charge in [-0.3, -0.25) is 4.79 Å². The summed E-state index contributed by atoms with van der Waals surface area (Å²) in [6, 6.07) is 3.25. The van der Waals surface area contributed by atoms with Crippen LogP contribution >= 0.6 is 0 Å². The zero-order valence-corrected chi connectivity index (χ0v) is 11.1. The van der Waals surface area contributed by atoms with Crippen molar-refractivity contribution < 1.29 is 66.1 Å². The number of aliphatic carboxylic acids is 1. The number of carboxylic acid groups (broad SMARTS) is 1. The van der Waals surface area contributed by atoms with E-state index in [2.05, 4.69) is 9.97 Å². The molecule has 2 aromatic rings. The molecule has 70 valence electrons. The van der Waals surface area contributed by atoms with E-state index in [1.165, 1.54) is 6.20 Å². The smallest absolute Gasteiger partial charge is 0.541 e. The van der Waals surface area contributed by atoms with Crippen LogP contribution < -0.4 is 56.5 Å². The summed E-state index contributed by atoms with van der Waals surface area (Å²) in [5.74, 6) is -2.75. The average molecular weight is 228 g/mol. The Morgan fingerprint density at radius 3 is 2.80 bits per heavy atom. The van der Waals surface area contributed by atoms with Gasteiger partial charge in [0.1, 0.15) is 11.6 Å². The summed E-state index contributed by atoms with van der Waals surface area (Å²) in [5.41, 5.74) is 0.560. The molecule has 0 radical (unpaired) electrons. The van der Waals surface area contributed by atoms with Gasteiger partial charge in [-0.15, -0.1) is 0 Å². The maximum absolute atomic E-state index is 11.1. The van der Waals surface area contributed by atoms with Crippen LogP contribution in [0, 0.1) is 0 Å². The van der Waals surface area contributed by atoms with Gasteiger partial charge in [-0.1, -0.05) is 0 Å². The van der Waals surface area contributed by atoms with Gasteiger partial charge in [0.15, 0.2) is 0 Å². The first-order chi connectivity index (χ1) is 6.70. The second-order valence-corrected chi connectivity index (χ2v) is 2.72. The van der Waals surface area contributed by atoms with Gasteiger partial charge in [0, 0.05) is 17.8 Å². The number of fused-ring (bicyclic) bond motifs is 1. The second kappa shape index (κ2) is 5.00. The molecule has 0 amide bonds. The molecule has 6 heteroatoms. The number of nitrogens with one attached hydrogen (secondary N) is 1. The minimum atomic E-state index is -1.71. The monoisotopic (exact) mass is 228 g/mol. The molecule has 0 saturated heterocycles. The molecule has 0 spiro atoms. The van der Waals surface area contributed by atoms with Gasteiger partial charge in [0.2, 0.25) is 5.78 Å². The number of hydrogen-bond acceptors (Lipinski definition) is 4. The standard InChI is InChI=1S/C9H6N2O3.K/c12-7(9(13)14)6-4-11-8-5(6)2-1-3-10-8;/h1-4H,(H,10,11)(H,13,14);/q;+1/p-1. The Balaban J connectivity index is 0.00000112. The topological polar surface area (TPSA) is 85.9 Å². The molecule has 0 saturated carbocycles. The van der Waals surface area contributed by atoms with Crippen molar-refractivity contribution in [1.82, 2.24) is 9.97 Å². The largest absolute Gasteiger partial charge is 1.00 e. The number of ketones is 1. The first-order valence-electron chi connectivity index (χ1n) is 3.88. The Morgan fingerprint density at radius 1 is 1.40 bits per heavy atom. The Morgan fingerprint density at radius 2 is 2.13 bits per heavy atom. The molecule has 2 rings (SSSR count). The predicted octanol–water partition coefficient (Wildman–Crippen LogP) is -3.50. The number of rotatable bonds is 2. The van der Waals surface area contributed by atoms with Crippen molar-refractivity contribution >= 4 is 22.8 Å². The summed E-state index contributed by atoms with van der Waals surface area (Å²) >= 11 is 0. The van der Waals surface area contributed by atoms with Crippen molar-refractivity contribution in [2.24, 2.45) is 0 Å². The number of H-pyrrole nitrogens is 1. The normalized spacial score (nSPS) is 9.60. The molecule has 0 fully saturated rings. The number of hydrogen-bond donors (Lipinski definition) is 1. The number of aromatic nitrogens is 2. The minimum Gasteiger partial charge on any atom is -0.541 e. The van der Waals surface area contributed by atoms with Gasteiger partial charge in [-0.25, -0.2) is 4.98 Å². The molecule has 2 heterocycles. The third-order valence-corrected chi connectivity index (χ3v) is 1.88. The predicted molar refractivity (Wildman–Crippen MR) is 45.4 cm³/mol. The van der Waals surface area contributed by atoms with Gasteiger partial charge in [-0.2, -0.15) is 0 Å². The van der Waals surface area contributed by atoms with E-state index in [9.17, 15) is 14.7 Å². The van der Waals surface area contributed by atoms with E-state index >= 15 is 0 Å². The Bertz CT molecular complexity index is 521. The minimum absolute atomic E-state index is 0. The van der Waals surface area contributed by atoms with Crippen LogP contribution in [0.3, 0.4) is 0 Å². The van der Waals surface area contributed by atoms with E-state index < -0.39 is 11.8 Å². The molecule has 5 nitrogen and oxygen atoms in total. The van der Waals surface area contributed by atoms with E-state index in [0.717, 1.165) is 0 Å². The summed E-state index contributed by atoms with van der Waals surface area (Å²) in [4.78, 5) is 28.1. The van der Waals surface area contributed by atoms with E-state index in [1.54, 1.807) is 18.3 Å². The number of Topliss-reactive ketones (excluding diaryl/α,β-unsaturated/α-hetero) is 1. The van der Waals surface area contributed by atoms with Crippen molar-refractivity contribution in [3.8, 4) is 0 Å². The summed E-state index contributed by atoms with van der Waals surface area (Å²) < 4.78 is 0. The molecule has 0 aromatic carbocycles. The third-order valence-electron chi connectivity index (χ3n) is 1.88. The SMILES string of the molecule is O=C([O-])C(=O)c1c[nH]c2ncccc12.[K+]. The number of nitrogens with zero attached hydrogens (tertiary/aromatic N) is 1. The zero-order chi connectivity index (χ0) is 10.1. The first kappa shape index (κ1) is 12.5. The van der Waals surface area contributed by atoms with Crippen LogP contribution in [-0.2, 0) is 4.79 Å².